The Bertz CT molecular complexity index is 186. The van der Waals surface area contributed by atoms with Crippen molar-refractivity contribution in [1.82, 2.24) is 0 Å². The van der Waals surface area contributed by atoms with Gasteiger partial charge in [-0.3, -0.25) is 0 Å². The van der Waals surface area contributed by atoms with E-state index in [-0.39, 0.29) is 18.8 Å². The first-order chi connectivity index (χ1) is 6.68. The molecule has 0 spiro atoms. The van der Waals surface area contributed by atoms with Gasteiger partial charge in [-0.25, -0.2) is 0 Å². The molecule has 0 aromatic carbocycles. The fourth-order valence-corrected chi connectivity index (χ4v) is 1.77. The van der Waals surface area contributed by atoms with Crippen molar-refractivity contribution in [1.29, 1.82) is 0 Å². The molecule has 15 heavy (non-hydrogen) atoms. The maximum Gasteiger partial charge on any atom is 0.394 e. The summed E-state index contributed by atoms with van der Waals surface area (Å²) < 4.78 is 38.5. The minimum absolute atomic E-state index is 0.126. The largest absolute Gasteiger partial charge is 0.394 e. The van der Waals surface area contributed by atoms with Gasteiger partial charge in [0.05, 0.1) is 5.41 Å². The minimum Gasteiger partial charge on any atom is -0.171 e. The van der Waals surface area contributed by atoms with Crippen LogP contribution in [0.25, 0.3) is 0 Å². The zero-order chi connectivity index (χ0) is 12.3. The van der Waals surface area contributed by atoms with Crippen molar-refractivity contribution >= 4 is 0 Å². The molecule has 92 valence electrons. The summed E-state index contributed by atoms with van der Waals surface area (Å²) in [6.45, 7) is 8.94. The molecule has 0 saturated heterocycles. The number of rotatable bonds is 5. The molecule has 0 amide bonds. The summed E-state index contributed by atoms with van der Waals surface area (Å²) in [7, 11) is 0. The topological polar surface area (TPSA) is 0 Å². The summed E-state index contributed by atoms with van der Waals surface area (Å²) >= 11 is 0. The van der Waals surface area contributed by atoms with Crippen LogP contribution in [0.4, 0.5) is 13.2 Å². The Kier molecular flexibility index (Phi) is 5.15. The van der Waals surface area contributed by atoms with Crippen LogP contribution in [0.2, 0.25) is 0 Å². The van der Waals surface area contributed by atoms with Gasteiger partial charge in [-0.2, -0.15) is 13.2 Å². The fraction of sp³-hybridized carbons (Fsp3) is 1.00. The highest BCUT2D eigenvalue weighted by Gasteiger charge is 2.50. The lowest BCUT2D eigenvalue weighted by molar-refractivity contribution is -0.225. The van der Waals surface area contributed by atoms with E-state index in [0.29, 0.717) is 5.92 Å². The summed E-state index contributed by atoms with van der Waals surface area (Å²) in [5.74, 6) is 0.486. The van der Waals surface area contributed by atoms with Crippen LogP contribution >= 0.6 is 0 Å². The number of alkyl halides is 3. The van der Waals surface area contributed by atoms with E-state index in [1.54, 1.807) is 6.92 Å². The van der Waals surface area contributed by atoms with Gasteiger partial charge in [-0.1, -0.05) is 41.0 Å². The third-order valence-electron chi connectivity index (χ3n) is 3.85. The van der Waals surface area contributed by atoms with Crippen molar-refractivity contribution in [2.24, 2.45) is 17.3 Å². The summed E-state index contributed by atoms with van der Waals surface area (Å²) in [5.41, 5.74) is -1.52. The van der Waals surface area contributed by atoms with E-state index in [1.807, 2.05) is 20.8 Å². The first-order valence-electron chi connectivity index (χ1n) is 5.74. The summed E-state index contributed by atoms with van der Waals surface area (Å²) in [4.78, 5) is 0. The molecule has 0 rings (SSSR count). The molecule has 3 unspecified atom stereocenters. The zero-order valence-electron chi connectivity index (χ0n) is 10.4. The quantitative estimate of drug-likeness (QED) is 0.614. The van der Waals surface area contributed by atoms with Crippen molar-refractivity contribution in [3.63, 3.8) is 0 Å². The minimum atomic E-state index is -4.08. The van der Waals surface area contributed by atoms with Crippen molar-refractivity contribution in [3.8, 4) is 0 Å². The van der Waals surface area contributed by atoms with Crippen molar-refractivity contribution in [2.75, 3.05) is 0 Å². The maximum atomic E-state index is 12.8. The third-order valence-corrected chi connectivity index (χ3v) is 3.85. The molecule has 0 aliphatic heterocycles. The van der Waals surface area contributed by atoms with Gasteiger partial charge in [-0.15, -0.1) is 0 Å². The van der Waals surface area contributed by atoms with Crippen LogP contribution in [-0.2, 0) is 0 Å². The predicted molar refractivity (Wildman–Crippen MR) is 57.7 cm³/mol. The van der Waals surface area contributed by atoms with E-state index in [2.05, 4.69) is 0 Å². The molecule has 3 atom stereocenters. The Morgan fingerprint density at radius 2 is 1.47 bits per heavy atom. The molecule has 0 aromatic rings. The molecule has 0 fully saturated rings. The molecular weight excluding hydrogens is 201 g/mol. The highest BCUT2D eigenvalue weighted by Crippen LogP contribution is 2.46. The molecular formula is C12H23F3. The van der Waals surface area contributed by atoms with Gasteiger partial charge in [0.2, 0.25) is 0 Å². The van der Waals surface area contributed by atoms with Gasteiger partial charge in [-0.05, 0) is 24.7 Å². The molecule has 0 N–H and O–H groups in total. The van der Waals surface area contributed by atoms with Gasteiger partial charge in [0.1, 0.15) is 0 Å². The predicted octanol–water partition coefficient (Wildman–Crippen LogP) is 5.04. The van der Waals surface area contributed by atoms with Crippen LogP contribution in [-0.4, -0.2) is 6.18 Å². The second kappa shape index (κ2) is 5.22. The molecule has 0 nitrogen and oxygen atoms in total. The number of hydrogen-bond donors (Lipinski definition) is 0. The standard InChI is InChI=1S/C12H23F3/c1-6-9(3)10(4)8-11(5,7-2)12(13,14)15/h9-10H,6-8H2,1-5H3. The van der Waals surface area contributed by atoms with Crippen LogP contribution in [0.1, 0.15) is 53.9 Å². The molecule has 0 aliphatic carbocycles. The Balaban J connectivity index is 4.58. The average Bonchev–Trinajstić information content (AvgIpc) is 2.14. The molecule has 0 heterocycles. The van der Waals surface area contributed by atoms with E-state index >= 15 is 0 Å². The lowest BCUT2D eigenvalue weighted by Gasteiger charge is -2.35. The third kappa shape index (κ3) is 3.69. The van der Waals surface area contributed by atoms with Crippen LogP contribution < -0.4 is 0 Å². The van der Waals surface area contributed by atoms with E-state index < -0.39 is 11.6 Å². The lowest BCUT2D eigenvalue weighted by atomic mass is 9.75. The maximum absolute atomic E-state index is 12.8. The van der Waals surface area contributed by atoms with E-state index in [0.717, 1.165) is 6.42 Å². The van der Waals surface area contributed by atoms with E-state index in [1.165, 1.54) is 6.92 Å². The van der Waals surface area contributed by atoms with Crippen molar-refractivity contribution in [2.45, 2.75) is 60.1 Å². The zero-order valence-corrected chi connectivity index (χ0v) is 10.4. The number of hydrogen-bond acceptors (Lipinski definition) is 0. The molecule has 0 aliphatic rings. The first-order valence-corrected chi connectivity index (χ1v) is 5.74. The number of halogens is 3. The second-order valence-electron chi connectivity index (χ2n) is 4.98. The SMILES string of the molecule is CCC(C)C(C)CC(C)(CC)C(F)(F)F. The molecule has 0 radical (unpaired) electrons. The Morgan fingerprint density at radius 3 is 1.73 bits per heavy atom. The summed E-state index contributed by atoms with van der Waals surface area (Å²) in [6.07, 6.45) is -2.73. The average molecular weight is 224 g/mol. The van der Waals surface area contributed by atoms with Gasteiger partial charge in [0, 0.05) is 0 Å². The Hall–Kier alpha value is -0.210. The van der Waals surface area contributed by atoms with E-state index in [9.17, 15) is 13.2 Å². The molecule has 3 heteroatoms. The van der Waals surface area contributed by atoms with Gasteiger partial charge >= 0.3 is 6.18 Å². The highest BCUT2D eigenvalue weighted by molar-refractivity contribution is 4.83. The Labute approximate surface area is 91.3 Å². The van der Waals surface area contributed by atoms with Crippen LogP contribution in [0.3, 0.4) is 0 Å². The second-order valence-corrected chi connectivity index (χ2v) is 4.98. The molecule has 0 saturated carbocycles. The molecule has 0 aromatic heterocycles. The lowest BCUT2D eigenvalue weighted by Crippen LogP contribution is -2.37. The smallest absolute Gasteiger partial charge is 0.171 e. The fourth-order valence-electron chi connectivity index (χ4n) is 1.77. The van der Waals surface area contributed by atoms with Gasteiger partial charge in [0.15, 0.2) is 0 Å². The summed E-state index contributed by atoms with van der Waals surface area (Å²) in [5, 5.41) is 0. The summed E-state index contributed by atoms with van der Waals surface area (Å²) in [6, 6.07) is 0. The van der Waals surface area contributed by atoms with Crippen LogP contribution in [0.15, 0.2) is 0 Å². The molecule has 0 bridgehead atoms. The Morgan fingerprint density at radius 1 is 1.00 bits per heavy atom. The normalized spacial score (nSPS) is 20.8. The van der Waals surface area contributed by atoms with Crippen molar-refractivity contribution in [3.05, 3.63) is 0 Å². The highest BCUT2D eigenvalue weighted by atomic mass is 19.4. The first kappa shape index (κ1) is 14.8. The van der Waals surface area contributed by atoms with Crippen molar-refractivity contribution < 1.29 is 13.2 Å². The van der Waals surface area contributed by atoms with Gasteiger partial charge in [0.25, 0.3) is 0 Å². The van der Waals surface area contributed by atoms with E-state index in [4.69, 9.17) is 0 Å². The monoisotopic (exact) mass is 224 g/mol. The van der Waals surface area contributed by atoms with Gasteiger partial charge < -0.3 is 0 Å². The van der Waals surface area contributed by atoms with Crippen LogP contribution in [0.5, 0.6) is 0 Å². The van der Waals surface area contributed by atoms with Crippen LogP contribution in [0, 0.1) is 17.3 Å².